The van der Waals surface area contributed by atoms with Crippen LogP contribution in [0.3, 0.4) is 0 Å². The third-order valence-electron chi connectivity index (χ3n) is 14.6. The number of halogens is 1. The Kier molecular flexibility index (Phi) is 17.6. The van der Waals surface area contributed by atoms with Crippen molar-refractivity contribution in [1.82, 2.24) is 20.2 Å². The van der Waals surface area contributed by atoms with Gasteiger partial charge < -0.3 is 43.4 Å². The highest BCUT2D eigenvalue weighted by atomic mass is 35.5. The third-order valence-corrected chi connectivity index (χ3v) is 16.2. The number of esters is 1. The molecule has 1 aromatic carbocycles. The molecule has 4 bridgehead atoms. The van der Waals surface area contributed by atoms with Gasteiger partial charge >= 0.3 is 18.0 Å². The molecule has 23 heteroatoms. The number of carbonyl (C=O) groups excluding carboxylic acids is 9. The summed E-state index contributed by atoms with van der Waals surface area (Å²) in [5, 5.41) is 14.3. The number of hydrogen-bond acceptors (Lipinski definition) is 17. The van der Waals surface area contributed by atoms with Crippen LogP contribution < -0.4 is 15.0 Å². The summed E-state index contributed by atoms with van der Waals surface area (Å²) < 4.78 is 29.0. The average Bonchev–Trinajstić information content (AvgIpc) is 4.04. The van der Waals surface area contributed by atoms with Crippen LogP contribution in [0.1, 0.15) is 90.5 Å². The standard InChI is InChI=1S/C50H64ClN5O16S/c1-26-9-8-10-37(68-7)50(66)24-35(70-49(65)52-50)27(2)44-45(71-44)34(22-41(60)54(5)32-20-30(19-26)21-33(67-6)43(32)51)69-47(63)28(3)53(4)38(57)17-18-73-36-23-42(61)55(46(36)62)25-29-11-13-31(14-12-29)48(64)72-56-39(58)15-16-40(56)59/h8-10,20-21,27-29,31,34-37,44-45,66H,11-19,22-25H2,1-7H3,(H,52,65)/b10-8+,26-9+/t27-,28?,29?,31?,34+,35+,36?,37-,44+,45+,50+/m1/s1. The fourth-order valence-corrected chi connectivity index (χ4v) is 11.4. The maximum atomic E-state index is 14.2. The van der Waals surface area contributed by atoms with Crippen LogP contribution in [0.4, 0.5) is 10.5 Å². The molecule has 73 heavy (non-hydrogen) atoms. The van der Waals surface area contributed by atoms with E-state index in [0.29, 0.717) is 48.6 Å². The van der Waals surface area contributed by atoms with E-state index in [9.17, 15) is 48.3 Å². The Balaban J connectivity index is 0.969. The summed E-state index contributed by atoms with van der Waals surface area (Å²) in [6.45, 7) is 5.31. The lowest BCUT2D eigenvalue weighted by Crippen LogP contribution is -2.63. The van der Waals surface area contributed by atoms with E-state index >= 15 is 0 Å². The summed E-state index contributed by atoms with van der Waals surface area (Å²) >= 11 is 7.96. The molecule has 2 N–H and O–H groups in total. The SMILES string of the molecule is COc1cc2cc(c1Cl)N(C)C(=O)C[C@H](OC(=O)C(C)N(C)C(=O)CCSC1CC(=O)N(CC3CCC(C(=O)ON4C(=O)CCC4=O)CC3)C1=O)[C@@H]1O[C@H]1[C@H](C)[C@@H]1C[C@@](O)(NC(=O)O1)[C@H](OC)/C=C/C=C(\C)C2. The van der Waals surface area contributed by atoms with Gasteiger partial charge in [-0.05, 0) is 69.6 Å². The molecular formula is C50H64ClN5O16S. The molecule has 6 aliphatic rings. The second kappa shape index (κ2) is 23.3. The number of thioether (sulfide) groups is 1. The number of hydrogen-bond donors (Lipinski definition) is 2. The van der Waals surface area contributed by atoms with Crippen LogP contribution >= 0.6 is 23.4 Å². The number of methoxy groups -OCH3 is 2. The summed E-state index contributed by atoms with van der Waals surface area (Å²) in [5.41, 5.74) is 0.117. The number of ether oxygens (including phenoxy) is 5. The van der Waals surface area contributed by atoms with E-state index in [0.717, 1.165) is 11.1 Å². The van der Waals surface area contributed by atoms with E-state index in [-0.39, 0.29) is 73.6 Å². The highest BCUT2D eigenvalue weighted by Crippen LogP contribution is 2.42. The maximum absolute atomic E-state index is 14.2. The molecule has 7 rings (SSSR count). The first-order valence-electron chi connectivity index (χ1n) is 24.5. The van der Waals surface area contributed by atoms with Gasteiger partial charge in [0.05, 0.1) is 36.5 Å². The Labute approximate surface area is 432 Å². The number of aliphatic hydroxyl groups is 1. The van der Waals surface area contributed by atoms with Gasteiger partial charge in [-0.25, -0.2) is 14.4 Å². The molecule has 9 atom stereocenters. The van der Waals surface area contributed by atoms with Crippen molar-refractivity contribution >= 4 is 82.5 Å². The number of amides is 7. The number of hydroxylamine groups is 2. The van der Waals surface area contributed by atoms with Crippen molar-refractivity contribution in [2.45, 2.75) is 139 Å². The molecule has 1 aliphatic carbocycles. The number of fused-ring (bicyclic) bond motifs is 5. The van der Waals surface area contributed by atoms with E-state index in [1.54, 1.807) is 31.2 Å². The first-order chi connectivity index (χ1) is 34.6. The molecule has 0 spiro atoms. The van der Waals surface area contributed by atoms with Crippen molar-refractivity contribution in [3.8, 4) is 5.75 Å². The molecule has 2 unspecified atom stereocenters. The van der Waals surface area contributed by atoms with E-state index in [2.05, 4.69) is 5.32 Å². The largest absolute Gasteiger partial charge is 0.495 e. The summed E-state index contributed by atoms with van der Waals surface area (Å²) in [6, 6.07) is 2.38. The van der Waals surface area contributed by atoms with E-state index in [4.69, 9.17) is 40.1 Å². The Hall–Kier alpha value is -5.55. The second-order valence-corrected chi connectivity index (χ2v) is 21.4. The number of likely N-dealkylation sites (tertiary alicyclic amines) is 1. The molecule has 1 saturated carbocycles. The van der Waals surface area contributed by atoms with Gasteiger partial charge in [-0.2, -0.15) is 0 Å². The molecule has 5 heterocycles. The maximum Gasteiger partial charge on any atom is 0.409 e. The number of likely N-dealkylation sites (N-methyl/N-ethyl adjacent to an activating group) is 1. The van der Waals surface area contributed by atoms with Gasteiger partial charge in [-0.1, -0.05) is 42.3 Å². The number of nitrogens with one attached hydrogen (secondary N) is 1. The number of epoxide rings is 1. The first-order valence-corrected chi connectivity index (χ1v) is 25.9. The van der Waals surface area contributed by atoms with Crippen LogP contribution in [-0.4, -0.2) is 162 Å². The number of anilines is 1. The van der Waals surface area contributed by atoms with Crippen molar-refractivity contribution < 1.29 is 76.8 Å². The van der Waals surface area contributed by atoms with Crippen molar-refractivity contribution in [2.75, 3.05) is 45.5 Å². The zero-order valence-corrected chi connectivity index (χ0v) is 43.6. The third kappa shape index (κ3) is 12.7. The quantitative estimate of drug-likeness (QED) is 0.162. The number of alkyl carbamates (subject to hydrolysis) is 1. The Morgan fingerprint density at radius 1 is 1.00 bits per heavy atom. The highest BCUT2D eigenvalue weighted by Gasteiger charge is 2.56. The molecule has 4 saturated heterocycles. The summed E-state index contributed by atoms with van der Waals surface area (Å²) in [6.07, 6.45) is 1.36. The number of imide groups is 2. The fourth-order valence-electron chi connectivity index (χ4n) is 9.95. The lowest BCUT2D eigenvalue weighted by atomic mass is 9.82. The molecule has 1 aromatic rings. The Morgan fingerprint density at radius 3 is 2.37 bits per heavy atom. The number of rotatable bonds is 13. The van der Waals surface area contributed by atoms with Crippen LogP contribution in [0.15, 0.2) is 35.9 Å². The molecule has 0 radical (unpaired) electrons. The molecular weight excluding hydrogens is 994 g/mol. The first kappa shape index (κ1) is 55.2. The molecule has 7 amide bonds. The number of carbonyl (C=O) groups is 9. The van der Waals surface area contributed by atoms with Crippen molar-refractivity contribution in [3.05, 3.63) is 46.5 Å². The Morgan fingerprint density at radius 2 is 1.70 bits per heavy atom. The highest BCUT2D eigenvalue weighted by molar-refractivity contribution is 8.00. The molecule has 21 nitrogen and oxygen atoms in total. The summed E-state index contributed by atoms with van der Waals surface area (Å²) in [7, 11) is 5.84. The smallest absolute Gasteiger partial charge is 0.409 e. The minimum atomic E-state index is -1.88. The second-order valence-electron chi connectivity index (χ2n) is 19.7. The van der Waals surface area contributed by atoms with Crippen molar-refractivity contribution in [3.63, 3.8) is 0 Å². The number of nitrogens with zero attached hydrogens (tertiary/aromatic N) is 4. The molecule has 398 valence electrons. The normalized spacial score (nSPS) is 31.4. The zero-order chi connectivity index (χ0) is 53.1. The van der Waals surface area contributed by atoms with Gasteiger partial charge in [0, 0.05) is 71.5 Å². The lowest BCUT2D eigenvalue weighted by Gasteiger charge is -2.41. The van der Waals surface area contributed by atoms with Crippen molar-refractivity contribution in [1.29, 1.82) is 0 Å². The van der Waals surface area contributed by atoms with Crippen molar-refractivity contribution in [2.24, 2.45) is 17.8 Å². The van der Waals surface area contributed by atoms with Crippen LogP contribution in [-0.2, 0) is 68.6 Å². The van der Waals surface area contributed by atoms with Gasteiger partial charge in [-0.3, -0.25) is 39.0 Å². The van der Waals surface area contributed by atoms with E-state index in [1.807, 2.05) is 13.0 Å². The summed E-state index contributed by atoms with van der Waals surface area (Å²) in [5.74, 6) is -4.87. The van der Waals surface area contributed by atoms with Gasteiger partial charge in [0.2, 0.25) is 23.6 Å². The lowest BCUT2D eigenvalue weighted by molar-refractivity contribution is -0.201. The molecule has 0 aromatic heterocycles. The number of benzene rings is 1. The minimum absolute atomic E-state index is 0.00169. The van der Waals surface area contributed by atoms with Crippen LogP contribution in [0.5, 0.6) is 5.75 Å². The fraction of sp³-hybridized carbons (Fsp3) is 0.620. The van der Waals surface area contributed by atoms with Gasteiger partial charge in [0.15, 0.2) is 5.72 Å². The van der Waals surface area contributed by atoms with Crippen LogP contribution in [0.25, 0.3) is 0 Å². The zero-order valence-electron chi connectivity index (χ0n) is 42.0. The van der Waals surface area contributed by atoms with Crippen LogP contribution in [0, 0.1) is 17.8 Å². The average molecular weight is 1060 g/mol. The van der Waals surface area contributed by atoms with Crippen LogP contribution in [0.2, 0.25) is 5.02 Å². The monoisotopic (exact) mass is 1060 g/mol. The van der Waals surface area contributed by atoms with Gasteiger partial charge in [0.25, 0.3) is 11.8 Å². The minimum Gasteiger partial charge on any atom is -0.495 e. The van der Waals surface area contributed by atoms with E-state index < -0.39 is 101 Å². The summed E-state index contributed by atoms with van der Waals surface area (Å²) in [4.78, 5) is 126. The van der Waals surface area contributed by atoms with E-state index in [1.165, 1.54) is 61.7 Å². The molecule has 5 aliphatic heterocycles. The van der Waals surface area contributed by atoms with Gasteiger partial charge in [-0.15, -0.1) is 16.8 Å². The predicted octanol–water partition coefficient (Wildman–Crippen LogP) is 3.79. The predicted molar refractivity (Wildman–Crippen MR) is 261 cm³/mol. The molecule has 5 fully saturated rings. The Bertz CT molecular complexity index is 2410. The topological polar surface area (TPSA) is 258 Å². The number of allylic oxidation sites excluding steroid dienone is 3. The van der Waals surface area contributed by atoms with Gasteiger partial charge in [0.1, 0.15) is 41.2 Å².